The Morgan fingerprint density at radius 3 is 2.62 bits per heavy atom. The Kier molecular flexibility index (Phi) is 4.61. The number of para-hydroxylation sites is 1. The van der Waals surface area contributed by atoms with E-state index in [0.29, 0.717) is 17.4 Å². The number of phenols is 1. The number of carbonyl (C=O) groups excluding carboxylic acids is 1. The highest BCUT2D eigenvalue weighted by Gasteiger charge is 2.26. The molecule has 0 bridgehead atoms. The second kappa shape index (κ2) is 7.20. The Morgan fingerprint density at radius 2 is 1.85 bits per heavy atom. The molecule has 26 heavy (non-hydrogen) atoms. The van der Waals surface area contributed by atoms with Crippen LogP contribution in [0.25, 0.3) is 10.9 Å². The lowest BCUT2D eigenvalue weighted by atomic mass is 9.90. The van der Waals surface area contributed by atoms with Crippen LogP contribution in [0.3, 0.4) is 0 Å². The van der Waals surface area contributed by atoms with E-state index in [4.69, 9.17) is 0 Å². The number of aromatic nitrogens is 2. The van der Waals surface area contributed by atoms with Crippen molar-refractivity contribution in [3.05, 3.63) is 59.8 Å². The van der Waals surface area contributed by atoms with Crippen LogP contribution in [-0.2, 0) is 6.42 Å². The zero-order valence-corrected chi connectivity index (χ0v) is 14.7. The fourth-order valence-corrected chi connectivity index (χ4v) is 3.73. The van der Waals surface area contributed by atoms with Crippen LogP contribution < -0.4 is 0 Å². The van der Waals surface area contributed by atoms with Gasteiger partial charge in [-0.1, -0.05) is 30.3 Å². The van der Waals surface area contributed by atoms with Crippen LogP contribution in [0.2, 0.25) is 0 Å². The van der Waals surface area contributed by atoms with Gasteiger partial charge in [-0.05, 0) is 55.4 Å². The number of phenolic OH excluding ortho intramolecular Hbond substituents is 1. The topological polar surface area (TPSA) is 69.2 Å². The molecule has 0 spiro atoms. The van der Waals surface area contributed by atoms with Crippen LogP contribution in [0.1, 0.15) is 35.3 Å². The molecule has 1 amide bonds. The molecule has 134 valence electrons. The van der Waals surface area contributed by atoms with Gasteiger partial charge in [-0.2, -0.15) is 5.10 Å². The molecule has 2 aromatic carbocycles. The van der Waals surface area contributed by atoms with Gasteiger partial charge in [0.1, 0.15) is 5.75 Å². The summed E-state index contributed by atoms with van der Waals surface area (Å²) in [5.41, 5.74) is 2.69. The van der Waals surface area contributed by atoms with Crippen LogP contribution >= 0.6 is 0 Å². The minimum atomic E-state index is 0.0273. The van der Waals surface area contributed by atoms with Gasteiger partial charge >= 0.3 is 0 Å². The van der Waals surface area contributed by atoms with E-state index in [-0.39, 0.29) is 5.91 Å². The zero-order valence-electron chi connectivity index (χ0n) is 14.7. The van der Waals surface area contributed by atoms with Crippen LogP contribution in [-0.4, -0.2) is 39.2 Å². The molecule has 2 N–H and O–H groups in total. The zero-order chi connectivity index (χ0) is 17.9. The molecule has 1 saturated heterocycles. The van der Waals surface area contributed by atoms with Crippen molar-refractivity contribution in [2.75, 3.05) is 13.1 Å². The molecular formula is C21H23N3O2. The first-order chi connectivity index (χ1) is 12.7. The number of H-pyrrole nitrogens is 1. The van der Waals surface area contributed by atoms with Crippen molar-refractivity contribution in [2.24, 2.45) is 5.92 Å². The molecule has 1 fully saturated rings. The highest BCUT2D eigenvalue weighted by Crippen LogP contribution is 2.25. The van der Waals surface area contributed by atoms with Crippen molar-refractivity contribution < 1.29 is 9.90 Å². The van der Waals surface area contributed by atoms with E-state index in [1.807, 2.05) is 41.3 Å². The van der Waals surface area contributed by atoms with Crippen molar-refractivity contribution >= 4 is 16.8 Å². The average molecular weight is 349 g/mol. The van der Waals surface area contributed by atoms with Crippen LogP contribution in [0.15, 0.2) is 48.5 Å². The summed E-state index contributed by atoms with van der Waals surface area (Å²) in [6, 6.07) is 15.2. The SMILES string of the molecule is O=C(c1n[nH]c2ccccc12)N1CCC(CCc2ccc(O)cc2)CC1. The number of fused-ring (bicyclic) bond motifs is 1. The highest BCUT2D eigenvalue weighted by molar-refractivity contribution is 6.04. The number of hydrogen-bond acceptors (Lipinski definition) is 3. The molecule has 0 saturated carbocycles. The van der Waals surface area contributed by atoms with Crippen LogP contribution in [0, 0.1) is 5.92 Å². The average Bonchev–Trinajstić information content (AvgIpc) is 3.11. The quantitative estimate of drug-likeness (QED) is 0.754. The lowest BCUT2D eigenvalue weighted by Crippen LogP contribution is -2.38. The van der Waals surface area contributed by atoms with Gasteiger partial charge in [0.05, 0.1) is 5.52 Å². The molecule has 3 aromatic rings. The number of aromatic amines is 1. The van der Waals surface area contributed by atoms with Crippen LogP contribution in [0.4, 0.5) is 0 Å². The summed E-state index contributed by atoms with van der Waals surface area (Å²) in [4.78, 5) is 14.7. The monoisotopic (exact) mass is 349 g/mol. The molecule has 5 heteroatoms. The van der Waals surface area contributed by atoms with Gasteiger partial charge in [0.2, 0.25) is 0 Å². The molecule has 0 radical (unpaired) electrons. The Bertz CT molecular complexity index is 893. The van der Waals surface area contributed by atoms with Crippen molar-refractivity contribution in [1.29, 1.82) is 0 Å². The van der Waals surface area contributed by atoms with Gasteiger partial charge in [0.15, 0.2) is 5.69 Å². The van der Waals surface area contributed by atoms with Gasteiger partial charge < -0.3 is 10.0 Å². The second-order valence-corrected chi connectivity index (χ2v) is 7.06. The van der Waals surface area contributed by atoms with E-state index < -0.39 is 0 Å². The third-order valence-corrected chi connectivity index (χ3v) is 5.35. The van der Waals surface area contributed by atoms with Crippen molar-refractivity contribution in [1.82, 2.24) is 15.1 Å². The molecule has 4 rings (SSSR count). The molecule has 0 unspecified atom stereocenters. The van der Waals surface area contributed by atoms with E-state index in [0.717, 1.165) is 49.7 Å². The smallest absolute Gasteiger partial charge is 0.274 e. The molecule has 0 atom stereocenters. The van der Waals surface area contributed by atoms with E-state index in [1.54, 1.807) is 12.1 Å². The fraction of sp³-hybridized carbons (Fsp3) is 0.333. The number of carbonyl (C=O) groups is 1. The summed E-state index contributed by atoms with van der Waals surface area (Å²) in [6.45, 7) is 1.58. The van der Waals surface area contributed by atoms with E-state index in [2.05, 4.69) is 10.2 Å². The van der Waals surface area contributed by atoms with Gasteiger partial charge in [0, 0.05) is 18.5 Å². The predicted molar refractivity (Wildman–Crippen MR) is 101 cm³/mol. The molecule has 5 nitrogen and oxygen atoms in total. The molecule has 0 aliphatic carbocycles. The number of aryl methyl sites for hydroxylation is 1. The van der Waals surface area contributed by atoms with Crippen molar-refractivity contribution in [2.45, 2.75) is 25.7 Å². The summed E-state index contributed by atoms with van der Waals surface area (Å²) in [7, 11) is 0. The highest BCUT2D eigenvalue weighted by atomic mass is 16.3. The lowest BCUT2D eigenvalue weighted by Gasteiger charge is -2.31. The molecule has 1 aromatic heterocycles. The maximum absolute atomic E-state index is 12.8. The number of likely N-dealkylation sites (tertiary alicyclic amines) is 1. The van der Waals surface area contributed by atoms with Crippen LogP contribution in [0.5, 0.6) is 5.75 Å². The Labute approximate surface area is 152 Å². The summed E-state index contributed by atoms with van der Waals surface area (Å²) in [5, 5.41) is 17.4. The normalized spacial score (nSPS) is 15.5. The number of nitrogens with one attached hydrogen (secondary N) is 1. The maximum atomic E-state index is 12.8. The summed E-state index contributed by atoms with van der Waals surface area (Å²) < 4.78 is 0. The molecule has 1 aliphatic rings. The lowest BCUT2D eigenvalue weighted by molar-refractivity contribution is 0.0683. The standard InChI is InChI=1S/C21H23N3O2/c25-17-9-7-15(8-10-17)5-6-16-11-13-24(14-12-16)21(26)20-18-3-1-2-4-19(18)22-23-20/h1-4,7-10,16,25H,5-6,11-14H2,(H,22,23). The molecular weight excluding hydrogens is 326 g/mol. The summed E-state index contributed by atoms with van der Waals surface area (Å²) in [6.07, 6.45) is 4.21. The maximum Gasteiger partial charge on any atom is 0.274 e. The van der Waals surface area contributed by atoms with E-state index >= 15 is 0 Å². The van der Waals surface area contributed by atoms with E-state index in [1.165, 1.54) is 5.56 Å². The van der Waals surface area contributed by atoms with Gasteiger partial charge in [0.25, 0.3) is 5.91 Å². The minimum Gasteiger partial charge on any atom is -0.508 e. The number of nitrogens with zero attached hydrogens (tertiary/aromatic N) is 2. The first-order valence-electron chi connectivity index (χ1n) is 9.21. The van der Waals surface area contributed by atoms with Gasteiger partial charge in [-0.25, -0.2) is 0 Å². The van der Waals surface area contributed by atoms with E-state index in [9.17, 15) is 9.90 Å². The third kappa shape index (κ3) is 3.43. The van der Waals surface area contributed by atoms with Gasteiger partial charge in [-0.15, -0.1) is 0 Å². The number of benzene rings is 2. The largest absolute Gasteiger partial charge is 0.508 e. The Balaban J connectivity index is 1.33. The third-order valence-electron chi connectivity index (χ3n) is 5.35. The first kappa shape index (κ1) is 16.6. The van der Waals surface area contributed by atoms with Gasteiger partial charge in [-0.3, -0.25) is 9.89 Å². The summed E-state index contributed by atoms with van der Waals surface area (Å²) >= 11 is 0. The Hall–Kier alpha value is -2.82. The second-order valence-electron chi connectivity index (χ2n) is 7.06. The minimum absolute atomic E-state index is 0.0273. The number of amides is 1. The first-order valence-corrected chi connectivity index (χ1v) is 9.21. The van der Waals surface area contributed by atoms with Crippen molar-refractivity contribution in [3.8, 4) is 5.75 Å². The van der Waals surface area contributed by atoms with Crippen molar-refractivity contribution in [3.63, 3.8) is 0 Å². The number of rotatable bonds is 4. The fourth-order valence-electron chi connectivity index (χ4n) is 3.73. The number of aromatic hydroxyl groups is 1. The number of piperidine rings is 1. The number of hydrogen-bond donors (Lipinski definition) is 2. The predicted octanol–water partition coefficient (Wildman–Crippen LogP) is 3.75. The Morgan fingerprint density at radius 1 is 1.12 bits per heavy atom. The summed E-state index contributed by atoms with van der Waals surface area (Å²) in [5.74, 6) is 0.981. The molecule has 1 aliphatic heterocycles. The molecule has 2 heterocycles.